The molecule has 0 aliphatic carbocycles. The minimum atomic E-state index is 0.442. The predicted molar refractivity (Wildman–Crippen MR) is 206 cm³/mol. The molecule has 0 fully saturated rings. The highest BCUT2D eigenvalue weighted by atomic mass is 16.4. The number of hydrogen-bond acceptors (Lipinski definition) is 10. The zero-order valence-corrected chi connectivity index (χ0v) is 28.4. The fourth-order valence-electron chi connectivity index (χ4n) is 6.25. The standard InChI is InChI=1S/C44H26N8O2/c1-3-11-27(12-4-1)43-48-34-19-17-29(25-38(34)53-43)40-50-41(30-18-20-35-39(26-30)54-44(49-35)28-13-5-2-6-14-28)52-42(51-40)31-23-36(32-15-7-9-21-45-32)47-37(24-31)33-16-8-10-22-46-33/h1-26H. The van der Waals surface area contributed by atoms with Crippen LogP contribution in [0.1, 0.15) is 0 Å². The normalized spacial score (nSPS) is 11.3. The number of pyridine rings is 3. The highest BCUT2D eigenvalue weighted by Crippen LogP contribution is 2.33. The molecule has 0 aliphatic rings. The molecule has 0 radical (unpaired) electrons. The van der Waals surface area contributed by atoms with Crippen molar-refractivity contribution in [3.8, 4) is 79.8 Å². The summed E-state index contributed by atoms with van der Waals surface area (Å²) in [5.74, 6) is 2.42. The molecule has 0 amide bonds. The second kappa shape index (κ2) is 13.1. The molecule has 0 aliphatic heterocycles. The molecule has 10 aromatic rings. The number of oxazole rings is 2. The Balaban J connectivity index is 1.15. The van der Waals surface area contributed by atoms with Gasteiger partial charge in [-0.2, -0.15) is 0 Å². The lowest BCUT2D eigenvalue weighted by Crippen LogP contribution is -2.01. The van der Waals surface area contributed by atoms with Gasteiger partial charge in [-0.1, -0.05) is 48.5 Å². The van der Waals surface area contributed by atoms with Gasteiger partial charge in [-0.3, -0.25) is 9.97 Å². The van der Waals surface area contributed by atoms with Crippen molar-refractivity contribution in [3.63, 3.8) is 0 Å². The van der Waals surface area contributed by atoms with Crippen molar-refractivity contribution < 1.29 is 8.83 Å². The molecule has 254 valence electrons. The van der Waals surface area contributed by atoms with Crippen molar-refractivity contribution in [3.05, 3.63) is 158 Å². The van der Waals surface area contributed by atoms with E-state index in [4.69, 9.17) is 38.7 Å². The maximum absolute atomic E-state index is 6.24. The summed E-state index contributed by atoms with van der Waals surface area (Å²) in [5.41, 5.74) is 9.39. The smallest absolute Gasteiger partial charge is 0.227 e. The molecule has 0 bridgehead atoms. The van der Waals surface area contributed by atoms with E-state index in [1.807, 2.05) is 146 Å². The third-order valence-corrected chi connectivity index (χ3v) is 8.91. The molecule has 0 saturated carbocycles. The summed E-state index contributed by atoms with van der Waals surface area (Å²) in [7, 11) is 0. The minimum absolute atomic E-state index is 0.442. The van der Waals surface area contributed by atoms with Crippen LogP contribution in [0.3, 0.4) is 0 Å². The maximum Gasteiger partial charge on any atom is 0.227 e. The van der Waals surface area contributed by atoms with Gasteiger partial charge in [-0.15, -0.1) is 0 Å². The van der Waals surface area contributed by atoms with Gasteiger partial charge in [0.05, 0.1) is 22.8 Å². The molecule has 6 aromatic heterocycles. The Hall–Kier alpha value is -7.72. The van der Waals surface area contributed by atoms with Gasteiger partial charge in [0.2, 0.25) is 11.8 Å². The second-order valence-corrected chi connectivity index (χ2v) is 12.5. The van der Waals surface area contributed by atoms with Crippen molar-refractivity contribution in [2.45, 2.75) is 0 Å². The van der Waals surface area contributed by atoms with Gasteiger partial charge in [0.15, 0.2) is 28.6 Å². The molecule has 0 spiro atoms. The van der Waals surface area contributed by atoms with E-state index in [0.717, 1.165) is 38.9 Å². The highest BCUT2D eigenvalue weighted by Gasteiger charge is 2.19. The molecule has 0 saturated heterocycles. The Bertz CT molecular complexity index is 2740. The van der Waals surface area contributed by atoms with Crippen LogP contribution in [0.4, 0.5) is 0 Å². The van der Waals surface area contributed by atoms with Crippen LogP contribution in [-0.2, 0) is 0 Å². The largest absolute Gasteiger partial charge is 0.436 e. The quantitative estimate of drug-likeness (QED) is 0.159. The molecule has 0 unspecified atom stereocenters. The summed E-state index contributed by atoms with van der Waals surface area (Å²) in [4.78, 5) is 38.7. The molecule has 54 heavy (non-hydrogen) atoms. The Morgan fingerprint density at radius 3 is 1.20 bits per heavy atom. The van der Waals surface area contributed by atoms with Crippen LogP contribution in [0.5, 0.6) is 0 Å². The monoisotopic (exact) mass is 698 g/mol. The predicted octanol–water partition coefficient (Wildman–Crippen LogP) is 10.0. The van der Waals surface area contributed by atoms with E-state index < -0.39 is 0 Å². The lowest BCUT2D eigenvalue weighted by Gasteiger charge is -2.11. The molecule has 10 heteroatoms. The fraction of sp³-hybridized carbons (Fsp3) is 0. The average Bonchev–Trinajstić information content (AvgIpc) is 3.89. The Morgan fingerprint density at radius 2 is 0.759 bits per heavy atom. The Labute approximate surface area is 308 Å². The number of rotatable bonds is 7. The molecule has 4 aromatic carbocycles. The summed E-state index contributed by atoms with van der Waals surface area (Å²) in [6.45, 7) is 0. The van der Waals surface area contributed by atoms with Crippen molar-refractivity contribution >= 4 is 22.2 Å². The molecular formula is C44H26N8O2. The molecule has 10 nitrogen and oxygen atoms in total. The first-order chi connectivity index (χ1) is 26.7. The lowest BCUT2D eigenvalue weighted by atomic mass is 10.1. The van der Waals surface area contributed by atoms with Crippen LogP contribution in [-0.4, -0.2) is 39.9 Å². The third kappa shape index (κ3) is 5.93. The van der Waals surface area contributed by atoms with E-state index in [-0.39, 0.29) is 0 Å². The highest BCUT2D eigenvalue weighted by molar-refractivity contribution is 5.84. The summed E-state index contributed by atoms with van der Waals surface area (Å²) in [6.07, 6.45) is 3.49. The van der Waals surface area contributed by atoms with Crippen molar-refractivity contribution in [1.29, 1.82) is 0 Å². The van der Waals surface area contributed by atoms with Gasteiger partial charge in [0.1, 0.15) is 11.0 Å². The van der Waals surface area contributed by atoms with E-state index in [2.05, 4.69) is 9.97 Å². The van der Waals surface area contributed by atoms with Gasteiger partial charge in [0.25, 0.3) is 0 Å². The number of nitrogens with zero attached hydrogens (tertiary/aromatic N) is 8. The van der Waals surface area contributed by atoms with Crippen LogP contribution in [0.2, 0.25) is 0 Å². The topological polar surface area (TPSA) is 129 Å². The second-order valence-electron chi connectivity index (χ2n) is 12.5. The SMILES string of the molecule is c1ccc(-c2nc3ccc(-c4nc(-c5cc(-c6ccccn6)nc(-c6ccccn6)c5)nc(-c5ccc6nc(-c7ccccc7)oc6c5)n4)cc3o2)cc1. The fourth-order valence-corrected chi connectivity index (χ4v) is 6.25. The van der Waals surface area contributed by atoms with Crippen LogP contribution in [0, 0.1) is 0 Å². The summed E-state index contributed by atoms with van der Waals surface area (Å²) < 4.78 is 12.5. The maximum atomic E-state index is 6.24. The first-order valence-corrected chi connectivity index (χ1v) is 17.2. The minimum Gasteiger partial charge on any atom is -0.436 e. The summed E-state index contributed by atoms with van der Waals surface area (Å²) >= 11 is 0. The molecule has 0 N–H and O–H groups in total. The van der Waals surface area contributed by atoms with Gasteiger partial charge in [0, 0.05) is 40.2 Å². The van der Waals surface area contributed by atoms with Crippen LogP contribution >= 0.6 is 0 Å². The van der Waals surface area contributed by atoms with E-state index >= 15 is 0 Å². The van der Waals surface area contributed by atoms with E-state index in [9.17, 15) is 0 Å². The summed E-state index contributed by atoms with van der Waals surface area (Å²) in [6, 6.07) is 46.5. The van der Waals surface area contributed by atoms with E-state index in [1.54, 1.807) is 12.4 Å². The Kier molecular flexibility index (Phi) is 7.54. The number of benzene rings is 4. The Morgan fingerprint density at radius 1 is 0.315 bits per heavy atom. The number of aromatic nitrogens is 8. The van der Waals surface area contributed by atoms with Crippen molar-refractivity contribution in [2.75, 3.05) is 0 Å². The van der Waals surface area contributed by atoms with E-state index in [1.165, 1.54) is 0 Å². The first kappa shape index (κ1) is 31.1. The summed E-state index contributed by atoms with van der Waals surface area (Å²) in [5, 5.41) is 0. The van der Waals surface area contributed by atoms with Crippen molar-refractivity contribution in [1.82, 2.24) is 39.9 Å². The number of hydrogen-bond donors (Lipinski definition) is 0. The molecular weight excluding hydrogens is 673 g/mol. The van der Waals surface area contributed by atoms with E-state index in [0.29, 0.717) is 63.2 Å². The average molecular weight is 699 g/mol. The van der Waals surface area contributed by atoms with Gasteiger partial charge in [-0.25, -0.2) is 29.9 Å². The van der Waals surface area contributed by atoms with Crippen molar-refractivity contribution in [2.24, 2.45) is 0 Å². The van der Waals surface area contributed by atoms with Crippen LogP contribution < -0.4 is 0 Å². The first-order valence-electron chi connectivity index (χ1n) is 17.2. The van der Waals surface area contributed by atoms with Crippen LogP contribution in [0.15, 0.2) is 167 Å². The zero-order valence-electron chi connectivity index (χ0n) is 28.4. The molecule has 0 atom stereocenters. The molecule has 10 rings (SSSR count). The third-order valence-electron chi connectivity index (χ3n) is 8.91. The van der Waals surface area contributed by atoms with Gasteiger partial charge < -0.3 is 8.83 Å². The lowest BCUT2D eigenvalue weighted by molar-refractivity contribution is 0.619. The van der Waals surface area contributed by atoms with Gasteiger partial charge in [-0.05, 0) is 97.1 Å². The van der Waals surface area contributed by atoms with Crippen LogP contribution in [0.25, 0.3) is 102 Å². The zero-order chi connectivity index (χ0) is 35.8. The molecule has 6 heterocycles. The van der Waals surface area contributed by atoms with Gasteiger partial charge >= 0.3 is 0 Å². The number of fused-ring (bicyclic) bond motifs is 2.